The lowest BCUT2D eigenvalue weighted by molar-refractivity contribution is 0.483. The lowest BCUT2D eigenvalue weighted by atomic mass is 9.86. The third kappa shape index (κ3) is 2.62. The van der Waals surface area contributed by atoms with Gasteiger partial charge in [0.1, 0.15) is 0 Å². The van der Waals surface area contributed by atoms with Crippen molar-refractivity contribution in [3.63, 3.8) is 0 Å². The van der Waals surface area contributed by atoms with Gasteiger partial charge in [-0.05, 0) is 45.7 Å². The fraction of sp³-hybridized carbons (Fsp3) is 0.364. The molecule has 0 fully saturated rings. The second-order valence-corrected chi connectivity index (χ2v) is 7.27. The van der Waals surface area contributed by atoms with E-state index in [2.05, 4.69) is 47.8 Å². The molecule has 17 heavy (non-hydrogen) atoms. The maximum absolute atomic E-state index is 11.2. The van der Waals surface area contributed by atoms with E-state index in [1.807, 2.05) is 12.1 Å². The van der Waals surface area contributed by atoms with Crippen LogP contribution in [0.2, 0.25) is 0 Å². The van der Waals surface area contributed by atoms with Crippen LogP contribution in [0.5, 0.6) is 5.75 Å². The molecular weight excluding hydrogens is 353 g/mol. The van der Waals surface area contributed by atoms with Crippen molar-refractivity contribution in [2.45, 2.75) is 26.2 Å². The third-order valence-corrected chi connectivity index (χ3v) is 3.99. The molecule has 1 aromatic rings. The molecule has 0 aliphatic carbocycles. The zero-order valence-corrected chi connectivity index (χ0v) is 12.7. The summed E-state index contributed by atoms with van der Waals surface area (Å²) in [5.41, 5.74) is 1.82. The SMILES string of the molecule is CC(C)(C)c1cc(I)c2c(c1)C=NS(=O)(=O)O2. The van der Waals surface area contributed by atoms with Gasteiger partial charge in [-0.2, -0.15) is 8.42 Å². The lowest BCUT2D eigenvalue weighted by Crippen LogP contribution is -2.17. The minimum absolute atomic E-state index is 0.000879. The molecule has 0 saturated heterocycles. The van der Waals surface area contributed by atoms with Crippen molar-refractivity contribution in [2.24, 2.45) is 4.40 Å². The van der Waals surface area contributed by atoms with Crippen LogP contribution in [0.15, 0.2) is 16.5 Å². The molecule has 0 bridgehead atoms. The Morgan fingerprint density at radius 3 is 2.53 bits per heavy atom. The fourth-order valence-electron chi connectivity index (χ4n) is 1.48. The second-order valence-electron chi connectivity index (χ2n) is 4.87. The number of fused-ring (bicyclic) bond motifs is 1. The largest absolute Gasteiger partial charge is 0.428 e. The summed E-state index contributed by atoms with van der Waals surface area (Å²) < 4.78 is 31.5. The van der Waals surface area contributed by atoms with Crippen LogP contribution >= 0.6 is 22.6 Å². The predicted molar refractivity (Wildman–Crippen MR) is 75.0 cm³/mol. The zero-order chi connectivity index (χ0) is 12.8. The highest BCUT2D eigenvalue weighted by atomic mass is 127. The van der Waals surface area contributed by atoms with E-state index in [9.17, 15) is 8.42 Å². The highest BCUT2D eigenvalue weighted by Gasteiger charge is 2.24. The van der Waals surface area contributed by atoms with Gasteiger partial charge in [-0.1, -0.05) is 20.8 Å². The average molecular weight is 365 g/mol. The van der Waals surface area contributed by atoms with E-state index in [1.165, 1.54) is 6.21 Å². The molecule has 2 rings (SSSR count). The average Bonchev–Trinajstić information content (AvgIpc) is 2.16. The summed E-state index contributed by atoms with van der Waals surface area (Å²) >= 11 is 2.07. The molecule has 0 saturated carbocycles. The van der Waals surface area contributed by atoms with Crippen LogP contribution < -0.4 is 4.18 Å². The van der Waals surface area contributed by atoms with Crippen LogP contribution in [0, 0.1) is 3.57 Å². The van der Waals surface area contributed by atoms with Gasteiger partial charge in [-0.25, -0.2) is 0 Å². The molecule has 92 valence electrons. The van der Waals surface area contributed by atoms with E-state index in [4.69, 9.17) is 4.18 Å². The monoisotopic (exact) mass is 365 g/mol. The Morgan fingerprint density at radius 2 is 1.94 bits per heavy atom. The molecule has 0 N–H and O–H groups in total. The Morgan fingerprint density at radius 1 is 1.29 bits per heavy atom. The minimum atomic E-state index is -3.80. The topological polar surface area (TPSA) is 55.7 Å². The number of hydrogen-bond donors (Lipinski definition) is 0. The Kier molecular flexibility index (Phi) is 2.97. The Bertz CT molecular complexity index is 600. The predicted octanol–water partition coefficient (Wildman–Crippen LogP) is 2.64. The van der Waals surface area contributed by atoms with Gasteiger partial charge in [0, 0.05) is 5.56 Å². The van der Waals surface area contributed by atoms with Crippen molar-refractivity contribution in [1.29, 1.82) is 0 Å². The molecule has 1 aliphatic heterocycles. The summed E-state index contributed by atoms with van der Waals surface area (Å²) in [4.78, 5) is 0. The molecule has 0 spiro atoms. The first-order chi connectivity index (χ1) is 7.69. The maximum atomic E-state index is 11.2. The van der Waals surface area contributed by atoms with Crippen LogP contribution in [0.3, 0.4) is 0 Å². The zero-order valence-electron chi connectivity index (χ0n) is 9.69. The van der Waals surface area contributed by atoms with Crippen LogP contribution in [0.1, 0.15) is 31.9 Å². The molecular formula is C11H12INO3S. The van der Waals surface area contributed by atoms with Gasteiger partial charge >= 0.3 is 10.3 Å². The van der Waals surface area contributed by atoms with Gasteiger partial charge in [0.15, 0.2) is 5.75 Å². The number of benzene rings is 1. The molecule has 0 amide bonds. The molecule has 0 radical (unpaired) electrons. The second kappa shape index (κ2) is 3.94. The number of nitrogens with zero attached hydrogens (tertiary/aromatic N) is 1. The van der Waals surface area contributed by atoms with E-state index in [0.29, 0.717) is 11.3 Å². The summed E-state index contributed by atoms with van der Waals surface area (Å²) in [5.74, 6) is 0.369. The van der Waals surface area contributed by atoms with E-state index >= 15 is 0 Å². The van der Waals surface area contributed by atoms with Crippen molar-refractivity contribution in [1.82, 2.24) is 0 Å². The third-order valence-electron chi connectivity index (χ3n) is 2.45. The lowest BCUT2D eigenvalue weighted by Gasteiger charge is -2.22. The number of hydrogen-bond acceptors (Lipinski definition) is 3. The number of halogens is 1. The molecule has 0 aromatic heterocycles. The van der Waals surface area contributed by atoms with Gasteiger partial charge in [0.25, 0.3) is 0 Å². The molecule has 0 atom stereocenters. The Hall–Kier alpha value is -0.630. The van der Waals surface area contributed by atoms with Crippen LogP contribution in [-0.2, 0) is 15.7 Å². The molecule has 1 aromatic carbocycles. The normalized spacial score (nSPS) is 17.4. The van der Waals surface area contributed by atoms with Gasteiger partial charge < -0.3 is 4.18 Å². The van der Waals surface area contributed by atoms with E-state index in [-0.39, 0.29) is 5.41 Å². The standard InChI is InChI=1S/C11H12INO3S/c1-11(2,3)8-4-7-6-13-17(14,15)16-10(7)9(12)5-8/h4-6H,1-3H3. The van der Waals surface area contributed by atoms with Gasteiger partial charge in [0.2, 0.25) is 0 Å². The van der Waals surface area contributed by atoms with Crippen molar-refractivity contribution in [3.05, 3.63) is 26.8 Å². The molecule has 1 heterocycles. The highest BCUT2D eigenvalue weighted by Crippen LogP contribution is 2.34. The first kappa shape index (κ1) is 12.8. The Balaban J connectivity index is 2.62. The summed E-state index contributed by atoms with van der Waals surface area (Å²) in [6.07, 6.45) is 1.34. The van der Waals surface area contributed by atoms with E-state index in [0.717, 1.165) is 9.13 Å². The molecule has 1 aliphatic rings. The highest BCUT2D eigenvalue weighted by molar-refractivity contribution is 14.1. The van der Waals surface area contributed by atoms with Crippen LogP contribution in [0.4, 0.5) is 0 Å². The van der Waals surface area contributed by atoms with Gasteiger partial charge in [-0.3, -0.25) is 0 Å². The number of rotatable bonds is 0. The van der Waals surface area contributed by atoms with Crippen molar-refractivity contribution in [3.8, 4) is 5.75 Å². The summed E-state index contributed by atoms with van der Waals surface area (Å²) in [6, 6.07) is 3.85. The van der Waals surface area contributed by atoms with Crippen molar-refractivity contribution >= 4 is 39.1 Å². The first-order valence-electron chi connectivity index (χ1n) is 5.03. The first-order valence-corrected chi connectivity index (χ1v) is 7.47. The van der Waals surface area contributed by atoms with Crippen LogP contribution in [-0.4, -0.2) is 14.6 Å². The summed E-state index contributed by atoms with van der Waals surface area (Å²) in [6.45, 7) is 6.30. The minimum Gasteiger partial charge on any atom is -0.364 e. The molecule has 4 nitrogen and oxygen atoms in total. The Labute approximate surface area is 114 Å². The van der Waals surface area contributed by atoms with Crippen molar-refractivity contribution < 1.29 is 12.6 Å². The summed E-state index contributed by atoms with van der Waals surface area (Å²) in [5, 5.41) is 0. The van der Waals surface area contributed by atoms with Gasteiger partial charge in [0.05, 0.1) is 9.78 Å². The maximum Gasteiger partial charge on any atom is 0.428 e. The molecule has 6 heteroatoms. The van der Waals surface area contributed by atoms with E-state index < -0.39 is 10.3 Å². The smallest absolute Gasteiger partial charge is 0.364 e. The van der Waals surface area contributed by atoms with Crippen molar-refractivity contribution in [2.75, 3.05) is 0 Å². The molecule has 0 unspecified atom stereocenters. The van der Waals surface area contributed by atoms with Crippen LogP contribution in [0.25, 0.3) is 0 Å². The van der Waals surface area contributed by atoms with Gasteiger partial charge in [-0.15, -0.1) is 4.40 Å². The fourth-order valence-corrected chi connectivity index (χ4v) is 3.07. The van der Waals surface area contributed by atoms with E-state index in [1.54, 1.807) is 0 Å². The summed E-state index contributed by atoms with van der Waals surface area (Å²) in [7, 11) is -3.80. The quantitative estimate of drug-likeness (QED) is 0.665.